The molecule has 2 N–H and O–H groups in total. The second-order valence-electron chi connectivity index (χ2n) is 7.29. The minimum atomic E-state index is -0.553. The second kappa shape index (κ2) is 8.42. The Morgan fingerprint density at radius 1 is 1.29 bits per heavy atom. The summed E-state index contributed by atoms with van der Waals surface area (Å²) < 4.78 is 1.95. The van der Waals surface area contributed by atoms with Crippen molar-refractivity contribution in [3.05, 3.63) is 12.4 Å². The van der Waals surface area contributed by atoms with Gasteiger partial charge in [0.15, 0.2) is 0 Å². The van der Waals surface area contributed by atoms with Gasteiger partial charge in [0.1, 0.15) is 0 Å². The number of hydrogen-bond acceptors (Lipinski definition) is 3. The van der Waals surface area contributed by atoms with Gasteiger partial charge in [0, 0.05) is 19.8 Å². The van der Waals surface area contributed by atoms with E-state index in [4.69, 9.17) is 0 Å². The van der Waals surface area contributed by atoms with E-state index in [1.165, 1.54) is 0 Å². The molecule has 4 nitrogen and oxygen atoms in total. The van der Waals surface area contributed by atoms with Crippen molar-refractivity contribution in [3.8, 4) is 0 Å². The summed E-state index contributed by atoms with van der Waals surface area (Å²) >= 11 is 0. The molecule has 0 radical (unpaired) electrons. The lowest BCUT2D eigenvalue weighted by molar-refractivity contribution is -0.0396. The second-order valence-corrected chi connectivity index (χ2v) is 7.29. The SMILES string of the molecule is CCCC(C)(C)C(C)(C)O.CNc1cnn(CC(C)C)c1. The van der Waals surface area contributed by atoms with Gasteiger partial charge >= 0.3 is 0 Å². The molecule has 0 amide bonds. The van der Waals surface area contributed by atoms with Gasteiger partial charge in [-0.2, -0.15) is 5.10 Å². The summed E-state index contributed by atoms with van der Waals surface area (Å²) in [7, 11) is 1.90. The number of anilines is 1. The summed E-state index contributed by atoms with van der Waals surface area (Å²) in [4.78, 5) is 0. The Morgan fingerprint density at radius 2 is 1.86 bits per heavy atom. The highest BCUT2D eigenvalue weighted by molar-refractivity contribution is 5.36. The average molecular weight is 297 g/mol. The zero-order chi connectivity index (χ0) is 16.7. The van der Waals surface area contributed by atoms with E-state index in [2.05, 4.69) is 45.0 Å². The summed E-state index contributed by atoms with van der Waals surface area (Å²) in [5.74, 6) is 0.652. The van der Waals surface area contributed by atoms with E-state index in [-0.39, 0.29) is 5.41 Å². The van der Waals surface area contributed by atoms with Gasteiger partial charge in [-0.3, -0.25) is 4.68 Å². The lowest BCUT2D eigenvalue weighted by Gasteiger charge is -2.37. The molecule has 0 aliphatic rings. The van der Waals surface area contributed by atoms with Crippen molar-refractivity contribution < 1.29 is 5.11 Å². The molecule has 0 aromatic carbocycles. The highest BCUT2D eigenvalue weighted by Gasteiger charge is 2.33. The zero-order valence-electron chi connectivity index (χ0n) is 15.2. The maximum Gasteiger partial charge on any atom is 0.0723 e. The Kier molecular flexibility index (Phi) is 8.01. The predicted octanol–water partition coefficient (Wildman–Crippen LogP) is 4.16. The van der Waals surface area contributed by atoms with Crippen molar-refractivity contribution in [2.45, 2.75) is 73.5 Å². The van der Waals surface area contributed by atoms with Crippen LogP contribution in [-0.2, 0) is 6.54 Å². The van der Waals surface area contributed by atoms with Crippen molar-refractivity contribution in [2.75, 3.05) is 12.4 Å². The topological polar surface area (TPSA) is 50.1 Å². The molecule has 124 valence electrons. The van der Waals surface area contributed by atoms with Crippen molar-refractivity contribution in [3.63, 3.8) is 0 Å². The van der Waals surface area contributed by atoms with Crippen LogP contribution < -0.4 is 5.32 Å². The van der Waals surface area contributed by atoms with E-state index in [0.29, 0.717) is 5.92 Å². The monoisotopic (exact) mass is 297 g/mol. The highest BCUT2D eigenvalue weighted by atomic mass is 16.3. The quantitative estimate of drug-likeness (QED) is 0.828. The summed E-state index contributed by atoms with van der Waals surface area (Å²) in [6.45, 7) is 15.5. The smallest absolute Gasteiger partial charge is 0.0723 e. The normalized spacial score (nSPS) is 12.1. The lowest BCUT2D eigenvalue weighted by atomic mass is 9.74. The first-order valence-corrected chi connectivity index (χ1v) is 7.96. The van der Waals surface area contributed by atoms with Gasteiger partial charge in [-0.05, 0) is 31.6 Å². The highest BCUT2D eigenvalue weighted by Crippen LogP contribution is 2.34. The summed E-state index contributed by atoms with van der Waals surface area (Å²) in [6, 6.07) is 0. The van der Waals surface area contributed by atoms with Crippen LogP contribution in [0.15, 0.2) is 12.4 Å². The molecule has 1 aromatic rings. The number of rotatable bonds is 6. The number of nitrogens with one attached hydrogen (secondary N) is 1. The Balaban J connectivity index is 0.000000384. The largest absolute Gasteiger partial charge is 0.390 e. The molecule has 4 heteroatoms. The molecule has 1 rings (SSSR count). The molecule has 0 aliphatic carbocycles. The van der Waals surface area contributed by atoms with Crippen LogP contribution in [0.2, 0.25) is 0 Å². The molecule has 0 spiro atoms. The van der Waals surface area contributed by atoms with Gasteiger partial charge in [0.2, 0.25) is 0 Å². The van der Waals surface area contributed by atoms with E-state index in [1.807, 2.05) is 38.0 Å². The Labute approximate surface area is 130 Å². The first kappa shape index (κ1) is 20.0. The van der Waals surface area contributed by atoms with Crippen LogP contribution in [0.3, 0.4) is 0 Å². The number of nitrogens with zero attached hydrogens (tertiary/aromatic N) is 2. The molecule has 0 unspecified atom stereocenters. The maximum absolute atomic E-state index is 9.68. The summed E-state index contributed by atoms with van der Waals surface area (Å²) in [6.07, 6.45) is 6.07. The number of hydrogen-bond donors (Lipinski definition) is 2. The molecule has 0 atom stereocenters. The minimum absolute atomic E-state index is 0.0434. The molecule has 0 saturated carbocycles. The average Bonchev–Trinajstić information content (AvgIpc) is 2.75. The predicted molar refractivity (Wildman–Crippen MR) is 91.6 cm³/mol. The molecular weight excluding hydrogens is 262 g/mol. The zero-order valence-corrected chi connectivity index (χ0v) is 15.2. The molecular formula is C17H35N3O. The fourth-order valence-electron chi connectivity index (χ4n) is 1.90. The number of aromatic nitrogens is 2. The van der Waals surface area contributed by atoms with E-state index >= 15 is 0 Å². The van der Waals surface area contributed by atoms with Crippen LogP contribution in [0.1, 0.15) is 61.3 Å². The third-order valence-electron chi connectivity index (χ3n) is 4.01. The summed E-state index contributed by atoms with van der Waals surface area (Å²) in [5.41, 5.74) is 0.566. The van der Waals surface area contributed by atoms with Crippen molar-refractivity contribution >= 4 is 5.69 Å². The first-order valence-electron chi connectivity index (χ1n) is 7.96. The Morgan fingerprint density at radius 3 is 2.14 bits per heavy atom. The van der Waals surface area contributed by atoms with E-state index in [0.717, 1.165) is 25.1 Å². The molecule has 0 aliphatic heterocycles. The Hall–Kier alpha value is -1.03. The van der Waals surface area contributed by atoms with Crippen LogP contribution in [-0.4, -0.2) is 27.5 Å². The third-order valence-corrected chi connectivity index (χ3v) is 4.01. The van der Waals surface area contributed by atoms with Crippen LogP contribution in [0, 0.1) is 11.3 Å². The van der Waals surface area contributed by atoms with Crippen molar-refractivity contribution in [2.24, 2.45) is 11.3 Å². The number of aliphatic hydroxyl groups is 1. The van der Waals surface area contributed by atoms with E-state index in [1.54, 1.807) is 0 Å². The first-order chi connectivity index (χ1) is 9.53. The molecule has 0 fully saturated rings. The fraction of sp³-hybridized carbons (Fsp3) is 0.824. The van der Waals surface area contributed by atoms with Gasteiger partial charge in [-0.15, -0.1) is 0 Å². The lowest BCUT2D eigenvalue weighted by Crippen LogP contribution is -2.38. The van der Waals surface area contributed by atoms with Gasteiger partial charge in [-0.1, -0.05) is 41.0 Å². The molecule has 21 heavy (non-hydrogen) atoms. The van der Waals surface area contributed by atoms with Crippen LogP contribution in [0.4, 0.5) is 5.69 Å². The fourth-order valence-corrected chi connectivity index (χ4v) is 1.90. The van der Waals surface area contributed by atoms with E-state index < -0.39 is 5.60 Å². The third kappa shape index (κ3) is 7.51. The van der Waals surface area contributed by atoms with Crippen molar-refractivity contribution in [1.82, 2.24) is 9.78 Å². The van der Waals surface area contributed by atoms with Gasteiger partial charge in [-0.25, -0.2) is 0 Å². The summed E-state index contributed by atoms with van der Waals surface area (Å²) in [5, 5.41) is 16.9. The van der Waals surface area contributed by atoms with Gasteiger partial charge in [0.05, 0.1) is 17.5 Å². The van der Waals surface area contributed by atoms with Crippen LogP contribution in [0.5, 0.6) is 0 Å². The van der Waals surface area contributed by atoms with Gasteiger partial charge < -0.3 is 10.4 Å². The maximum atomic E-state index is 9.68. The minimum Gasteiger partial charge on any atom is -0.390 e. The molecule has 1 heterocycles. The van der Waals surface area contributed by atoms with Crippen LogP contribution >= 0.6 is 0 Å². The van der Waals surface area contributed by atoms with E-state index in [9.17, 15) is 5.11 Å². The Bertz CT molecular complexity index is 389. The standard InChI is InChI=1S/C9H20O.C8H15N3/c1-6-7-8(2,3)9(4,5)10;1-7(2)5-11-6-8(9-3)4-10-11/h10H,6-7H2,1-5H3;4,6-7,9H,5H2,1-3H3. The van der Waals surface area contributed by atoms with Crippen molar-refractivity contribution in [1.29, 1.82) is 0 Å². The molecule has 0 bridgehead atoms. The van der Waals surface area contributed by atoms with Crippen LogP contribution in [0.25, 0.3) is 0 Å². The molecule has 0 saturated heterocycles. The van der Waals surface area contributed by atoms with Gasteiger partial charge in [0.25, 0.3) is 0 Å². The molecule has 1 aromatic heterocycles.